The minimum absolute atomic E-state index is 0.0114. The predicted molar refractivity (Wildman–Crippen MR) is 112 cm³/mol. The lowest BCUT2D eigenvalue weighted by molar-refractivity contribution is 0.0844. The molecule has 0 unspecified atom stereocenters. The van der Waals surface area contributed by atoms with Gasteiger partial charge >= 0.3 is 0 Å². The molecule has 2 amide bonds. The van der Waals surface area contributed by atoms with Gasteiger partial charge in [-0.15, -0.1) is 0 Å². The highest BCUT2D eigenvalue weighted by Gasteiger charge is 2.19. The molecule has 0 fully saturated rings. The van der Waals surface area contributed by atoms with E-state index in [1.807, 2.05) is 0 Å². The lowest BCUT2D eigenvalue weighted by Crippen LogP contribution is -2.42. The number of hydrogen-bond donors (Lipinski definition) is 4. The Hall–Kier alpha value is -2.82. The molecule has 29 heavy (non-hydrogen) atoms. The van der Waals surface area contributed by atoms with Crippen LogP contribution in [0.1, 0.15) is 20.8 Å². The zero-order valence-corrected chi connectivity index (χ0v) is 17.7. The SMILES string of the molecule is O=C(NNC(=O)c1ccccc1NS(=O)(=O)c1ccc(Cl)cc1)c1cc(Br)c[nH]1. The highest BCUT2D eigenvalue weighted by atomic mass is 79.9. The molecule has 0 spiro atoms. The van der Waals surface area contributed by atoms with Gasteiger partial charge in [-0.05, 0) is 58.4 Å². The smallest absolute Gasteiger partial charge is 0.286 e. The van der Waals surface area contributed by atoms with Crippen LogP contribution in [0.5, 0.6) is 0 Å². The summed E-state index contributed by atoms with van der Waals surface area (Å²) < 4.78 is 28.2. The van der Waals surface area contributed by atoms with Gasteiger partial charge in [-0.3, -0.25) is 25.2 Å². The summed E-state index contributed by atoms with van der Waals surface area (Å²) in [5.74, 6) is -1.26. The maximum absolute atomic E-state index is 12.6. The van der Waals surface area contributed by atoms with Crippen LogP contribution >= 0.6 is 27.5 Å². The number of para-hydroxylation sites is 1. The van der Waals surface area contributed by atoms with Crippen LogP contribution in [0, 0.1) is 0 Å². The molecule has 8 nitrogen and oxygen atoms in total. The number of nitrogens with one attached hydrogen (secondary N) is 4. The van der Waals surface area contributed by atoms with Gasteiger partial charge in [0.05, 0.1) is 16.1 Å². The Morgan fingerprint density at radius 3 is 2.28 bits per heavy atom. The van der Waals surface area contributed by atoms with Gasteiger partial charge in [-0.25, -0.2) is 8.42 Å². The fourth-order valence-corrected chi connectivity index (χ4v) is 3.88. The first-order chi connectivity index (χ1) is 13.8. The Labute approximate surface area is 179 Å². The molecule has 0 atom stereocenters. The third-order valence-electron chi connectivity index (χ3n) is 3.72. The Balaban J connectivity index is 1.75. The van der Waals surface area contributed by atoms with E-state index < -0.39 is 21.8 Å². The van der Waals surface area contributed by atoms with Crippen molar-refractivity contribution in [3.8, 4) is 0 Å². The van der Waals surface area contributed by atoms with E-state index in [-0.39, 0.29) is 21.8 Å². The predicted octanol–water partition coefficient (Wildman–Crippen LogP) is 3.31. The molecular formula is C18H14BrClN4O4S. The number of H-pyrrole nitrogens is 1. The van der Waals surface area contributed by atoms with E-state index in [1.54, 1.807) is 18.3 Å². The topological polar surface area (TPSA) is 120 Å². The summed E-state index contributed by atoms with van der Waals surface area (Å²) in [5.41, 5.74) is 4.82. The molecule has 3 aromatic rings. The molecule has 0 aliphatic rings. The molecule has 150 valence electrons. The van der Waals surface area contributed by atoms with Crippen LogP contribution < -0.4 is 15.6 Å². The molecule has 0 saturated heterocycles. The average molecular weight is 498 g/mol. The molecule has 1 heterocycles. The number of benzene rings is 2. The van der Waals surface area contributed by atoms with Crippen LogP contribution in [-0.4, -0.2) is 25.2 Å². The van der Waals surface area contributed by atoms with Crippen molar-refractivity contribution in [1.29, 1.82) is 0 Å². The lowest BCUT2D eigenvalue weighted by atomic mass is 10.2. The molecule has 0 bridgehead atoms. The summed E-state index contributed by atoms with van der Waals surface area (Å²) in [7, 11) is -3.94. The van der Waals surface area contributed by atoms with Gasteiger partial charge in [0.1, 0.15) is 5.69 Å². The van der Waals surface area contributed by atoms with E-state index in [1.165, 1.54) is 42.5 Å². The summed E-state index contributed by atoms with van der Waals surface area (Å²) in [6.07, 6.45) is 1.57. The molecular weight excluding hydrogens is 484 g/mol. The Bertz CT molecular complexity index is 1160. The fraction of sp³-hybridized carbons (Fsp3) is 0. The second-order valence-electron chi connectivity index (χ2n) is 5.74. The number of carbonyl (C=O) groups excluding carboxylic acids is 2. The van der Waals surface area contributed by atoms with Gasteiger partial charge in [0.2, 0.25) is 0 Å². The number of carbonyl (C=O) groups is 2. The quantitative estimate of drug-likeness (QED) is 0.404. The summed E-state index contributed by atoms with van der Waals surface area (Å²) in [4.78, 5) is 27.2. The van der Waals surface area contributed by atoms with Crippen LogP contribution in [0.15, 0.2) is 70.2 Å². The van der Waals surface area contributed by atoms with E-state index in [4.69, 9.17) is 11.6 Å². The molecule has 0 aliphatic carbocycles. The van der Waals surface area contributed by atoms with Gasteiger partial charge in [0, 0.05) is 15.7 Å². The number of hydrogen-bond acceptors (Lipinski definition) is 4. The maximum atomic E-state index is 12.6. The fourth-order valence-electron chi connectivity index (χ4n) is 2.33. The molecule has 0 aliphatic heterocycles. The van der Waals surface area contributed by atoms with Crippen molar-refractivity contribution < 1.29 is 18.0 Å². The Morgan fingerprint density at radius 1 is 0.966 bits per heavy atom. The normalized spacial score (nSPS) is 11.0. The zero-order valence-electron chi connectivity index (χ0n) is 14.6. The average Bonchev–Trinajstić information content (AvgIpc) is 3.13. The highest BCUT2D eigenvalue weighted by molar-refractivity contribution is 9.10. The van der Waals surface area contributed by atoms with E-state index in [9.17, 15) is 18.0 Å². The second kappa shape index (κ2) is 8.68. The van der Waals surface area contributed by atoms with Gasteiger partial charge in [0.15, 0.2) is 0 Å². The van der Waals surface area contributed by atoms with Gasteiger partial charge < -0.3 is 4.98 Å². The maximum Gasteiger partial charge on any atom is 0.286 e. The highest BCUT2D eigenvalue weighted by Crippen LogP contribution is 2.21. The number of halogens is 2. The van der Waals surface area contributed by atoms with Crippen LogP contribution in [0.25, 0.3) is 0 Å². The third-order valence-corrected chi connectivity index (χ3v) is 5.81. The first-order valence-corrected chi connectivity index (χ1v) is 10.7. The standard InChI is InChI=1S/C18H14BrClN4O4S/c19-11-9-16(21-10-11)18(26)23-22-17(25)14-3-1-2-4-15(14)24-29(27,28)13-7-5-12(20)6-8-13/h1-10,21,24H,(H,22,25)(H,23,26). The molecule has 3 rings (SSSR count). The van der Waals surface area contributed by atoms with E-state index >= 15 is 0 Å². The number of amides is 2. The molecule has 0 radical (unpaired) electrons. The molecule has 11 heteroatoms. The summed E-state index contributed by atoms with van der Waals surface area (Å²) in [6, 6.07) is 13.1. The van der Waals surface area contributed by atoms with Crippen molar-refractivity contribution in [2.45, 2.75) is 4.90 Å². The van der Waals surface area contributed by atoms with Crippen molar-refractivity contribution in [3.05, 3.63) is 81.5 Å². The first-order valence-electron chi connectivity index (χ1n) is 8.08. The second-order valence-corrected chi connectivity index (χ2v) is 8.78. The minimum Gasteiger partial charge on any atom is -0.356 e. The van der Waals surface area contributed by atoms with E-state index in [0.29, 0.717) is 9.50 Å². The van der Waals surface area contributed by atoms with Crippen molar-refractivity contribution in [2.75, 3.05) is 4.72 Å². The minimum atomic E-state index is -3.94. The third kappa shape index (κ3) is 5.17. The van der Waals surface area contributed by atoms with Crippen molar-refractivity contribution in [1.82, 2.24) is 15.8 Å². The Morgan fingerprint density at radius 2 is 1.62 bits per heavy atom. The van der Waals surface area contributed by atoms with Crippen molar-refractivity contribution in [3.63, 3.8) is 0 Å². The van der Waals surface area contributed by atoms with Crippen molar-refractivity contribution >= 4 is 55.1 Å². The van der Waals surface area contributed by atoms with Crippen LogP contribution in [0.3, 0.4) is 0 Å². The number of aromatic amines is 1. The largest absolute Gasteiger partial charge is 0.356 e. The summed E-state index contributed by atoms with van der Waals surface area (Å²) in [6.45, 7) is 0. The van der Waals surface area contributed by atoms with Gasteiger partial charge in [-0.2, -0.15) is 0 Å². The summed E-state index contributed by atoms with van der Waals surface area (Å²) in [5, 5.41) is 0.397. The monoisotopic (exact) mass is 496 g/mol. The van der Waals surface area contributed by atoms with Crippen LogP contribution in [0.2, 0.25) is 5.02 Å². The van der Waals surface area contributed by atoms with Crippen molar-refractivity contribution in [2.24, 2.45) is 0 Å². The molecule has 4 N–H and O–H groups in total. The van der Waals surface area contributed by atoms with E-state index in [0.717, 1.165) is 0 Å². The van der Waals surface area contributed by atoms with E-state index in [2.05, 4.69) is 36.5 Å². The first kappa shape index (κ1) is 20.9. The Kier molecular flexibility index (Phi) is 6.26. The number of hydrazine groups is 1. The zero-order chi connectivity index (χ0) is 21.0. The number of rotatable bonds is 5. The van der Waals surface area contributed by atoms with Gasteiger partial charge in [-0.1, -0.05) is 23.7 Å². The van der Waals surface area contributed by atoms with Gasteiger partial charge in [0.25, 0.3) is 21.8 Å². The number of sulfonamides is 1. The van der Waals surface area contributed by atoms with Crippen LogP contribution in [0.4, 0.5) is 5.69 Å². The number of aromatic nitrogens is 1. The molecule has 2 aromatic carbocycles. The summed E-state index contributed by atoms with van der Waals surface area (Å²) >= 11 is 8.99. The number of anilines is 1. The molecule has 0 saturated carbocycles. The van der Waals surface area contributed by atoms with Crippen LogP contribution in [-0.2, 0) is 10.0 Å². The lowest BCUT2D eigenvalue weighted by Gasteiger charge is -2.13. The molecule has 1 aromatic heterocycles.